The van der Waals surface area contributed by atoms with Gasteiger partial charge in [-0.2, -0.15) is 0 Å². The lowest BCUT2D eigenvalue weighted by molar-refractivity contribution is -0.148. The third-order valence-electron chi connectivity index (χ3n) is 9.85. The van der Waals surface area contributed by atoms with Crippen LogP contribution in [0.4, 0.5) is 0 Å². The van der Waals surface area contributed by atoms with Gasteiger partial charge in [0.05, 0.1) is 29.2 Å². The first-order chi connectivity index (χ1) is 21.7. The van der Waals surface area contributed by atoms with E-state index in [4.69, 9.17) is 0 Å². The monoisotopic (exact) mass is 693 g/mol. The summed E-state index contributed by atoms with van der Waals surface area (Å²) in [7, 11) is 0. The van der Waals surface area contributed by atoms with Crippen LogP contribution in [0.25, 0.3) is 0 Å². The van der Waals surface area contributed by atoms with Gasteiger partial charge < -0.3 is 19.8 Å². The van der Waals surface area contributed by atoms with E-state index < -0.39 is 28.7 Å². The molecule has 3 heterocycles. The van der Waals surface area contributed by atoms with Crippen molar-refractivity contribution in [2.24, 2.45) is 17.8 Å². The van der Waals surface area contributed by atoms with Crippen LogP contribution in [-0.2, 0) is 27.5 Å². The Labute approximate surface area is 279 Å². The third-order valence-corrected chi connectivity index (χ3v) is 13.1. The quantitative estimate of drug-likeness (QED) is 0.215. The van der Waals surface area contributed by atoms with E-state index in [1.165, 1.54) is 0 Å². The molecule has 1 N–H and O–H groups in total. The van der Waals surface area contributed by atoms with E-state index in [9.17, 15) is 19.5 Å². The number of aliphatic hydroxyl groups excluding tert-OH is 1. The van der Waals surface area contributed by atoms with E-state index in [-0.39, 0.29) is 40.3 Å². The van der Waals surface area contributed by atoms with Gasteiger partial charge >= 0.3 is 0 Å². The zero-order valence-electron chi connectivity index (χ0n) is 26.1. The third kappa shape index (κ3) is 6.15. The van der Waals surface area contributed by atoms with Crippen LogP contribution in [0.1, 0.15) is 37.8 Å². The number of thioether (sulfide) groups is 1. The largest absolute Gasteiger partial charge is 0.394 e. The molecule has 0 aliphatic carbocycles. The lowest BCUT2D eigenvalue weighted by atomic mass is 9.70. The van der Waals surface area contributed by atoms with Crippen LogP contribution in [0.15, 0.2) is 86.0 Å². The van der Waals surface area contributed by atoms with Gasteiger partial charge in [-0.1, -0.05) is 109 Å². The maximum Gasteiger partial charge on any atom is 0.247 e. The summed E-state index contributed by atoms with van der Waals surface area (Å²) < 4.78 is -0.809. The summed E-state index contributed by atoms with van der Waals surface area (Å²) in [6.07, 6.45) is 4.75. The summed E-state index contributed by atoms with van der Waals surface area (Å²) in [5, 5.41) is 10.6. The van der Waals surface area contributed by atoms with Crippen LogP contribution >= 0.6 is 27.7 Å². The molecular weight excluding hydrogens is 650 g/mol. The Kier molecular flexibility index (Phi) is 10.6. The van der Waals surface area contributed by atoms with Gasteiger partial charge in [-0.25, -0.2) is 0 Å². The second-order valence-corrected chi connectivity index (χ2v) is 15.2. The standard InChI is InChI=1S/C36H44BrN3O4S/c1-5-18-38(21-25-14-10-8-11-15-25)33(42)29-30-34(43)40(28(23-41)24(4)7-3)32(36(30)20-27(37)31(29)45-36)35(44)39(19-6-2)22-26-16-12-9-13-17-26/h5-6,8-17,24,27-32,41H,1-2,7,18-23H2,3-4H3/t24-,27?,28-,29-,30-,31-,32?,36?/m0/s1. The smallest absolute Gasteiger partial charge is 0.247 e. The van der Waals surface area contributed by atoms with Gasteiger partial charge in [-0.3, -0.25) is 14.4 Å². The van der Waals surface area contributed by atoms with Crippen molar-refractivity contribution < 1.29 is 19.5 Å². The predicted molar refractivity (Wildman–Crippen MR) is 183 cm³/mol. The van der Waals surface area contributed by atoms with Crippen LogP contribution in [0.3, 0.4) is 0 Å². The molecule has 8 atom stereocenters. The fraction of sp³-hybridized carbons (Fsp3) is 0.472. The number of carbonyl (C=O) groups excluding carboxylic acids is 3. The maximum atomic E-state index is 14.9. The first kappa shape index (κ1) is 33.5. The van der Waals surface area contributed by atoms with E-state index in [2.05, 4.69) is 29.1 Å². The predicted octanol–water partition coefficient (Wildman–Crippen LogP) is 5.29. The second-order valence-electron chi connectivity index (χ2n) is 12.5. The molecule has 3 unspecified atom stereocenters. The van der Waals surface area contributed by atoms with E-state index in [1.54, 1.807) is 38.6 Å². The molecule has 45 heavy (non-hydrogen) atoms. The lowest BCUT2D eigenvalue weighted by Gasteiger charge is -2.41. The molecule has 3 aliphatic rings. The highest BCUT2D eigenvalue weighted by atomic mass is 79.9. The number of benzene rings is 2. The van der Waals surface area contributed by atoms with Gasteiger partial charge in [0.15, 0.2) is 0 Å². The molecule has 2 bridgehead atoms. The molecule has 0 saturated carbocycles. The van der Waals surface area contributed by atoms with Crippen molar-refractivity contribution in [2.75, 3.05) is 19.7 Å². The molecule has 3 saturated heterocycles. The Hall–Kier alpha value is -2.88. The van der Waals surface area contributed by atoms with E-state index >= 15 is 0 Å². The maximum absolute atomic E-state index is 14.9. The first-order valence-corrected chi connectivity index (χ1v) is 17.6. The molecule has 0 aromatic heterocycles. The fourth-order valence-electron chi connectivity index (χ4n) is 7.57. The van der Waals surface area contributed by atoms with Crippen molar-refractivity contribution in [1.29, 1.82) is 0 Å². The zero-order chi connectivity index (χ0) is 32.3. The summed E-state index contributed by atoms with van der Waals surface area (Å²) in [6, 6.07) is 18.3. The number of aliphatic hydroxyl groups is 1. The Morgan fingerprint density at radius 2 is 1.56 bits per heavy atom. The average molecular weight is 695 g/mol. The van der Waals surface area contributed by atoms with Gasteiger partial charge in [0, 0.05) is 36.3 Å². The van der Waals surface area contributed by atoms with Crippen molar-refractivity contribution in [3.8, 4) is 0 Å². The Bertz CT molecular complexity index is 1390. The van der Waals surface area contributed by atoms with Crippen molar-refractivity contribution in [3.05, 3.63) is 97.1 Å². The van der Waals surface area contributed by atoms with Crippen LogP contribution in [0.2, 0.25) is 0 Å². The van der Waals surface area contributed by atoms with Crippen LogP contribution in [-0.4, -0.2) is 84.1 Å². The minimum absolute atomic E-state index is 0.0436. The van der Waals surface area contributed by atoms with Gasteiger partial charge in [-0.05, 0) is 23.5 Å². The second kappa shape index (κ2) is 14.3. The summed E-state index contributed by atoms with van der Waals surface area (Å²) >= 11 is 5.52. The Morgan fingerprint density at radius 3 is 2.04 bits per heavy atom. The van der Waals surface area contributed by atoms with Gasteiger partial charge in [-0.15, -0.1) is 24.9 Å². The van der Waals surface area contributed by atoms with Crippen LogP contribution in [0.5, 0.6) is 0 Å². The molecule has 240 valence electrons. The molecule has 3 aliphatic heterocycles. The summed E-state index contributed by atoms with van der Waals surface area (Å²) in [5.41, 5.74) is 1.98. The van der Waals surface area contributed by atoms with E-state index in [0.29, 0.717) is 32.6 Å². The van der Waals surface area contributed by atoms with Gasteiger partial charge in [0.1, 0.15) is 6.04 Å². The number of likely N-dealkylation sites (tertiary alicyclic amines) is 1. The van der Waals surface area contributed by atoms with Crippen molar-refractivity contribution >= 4 is 45.4 Å². The molecule has 0 radical (unpaired) electrons. The molecule has 3 amide bonds. The topological polar surface area (TPSA) is 81.2 Å². The molecular formula is C36H44BrN3O4S. The summed E-state index contributed by atoms with van der Waals surface area (Å²) in [5.74, 6) is -1.78. The van der Waals surface area contributed by atoms with Crippen LogP contribution in [0, 0.1) is 17.8 Å². The number of nitrogens with zero attached hydrogens (tertiary/aromatic N) is 3. The normalized spacial score (nSPS) is 28.0. The SMILES string of the molecule is C=CCN(Cc1ccccc1)C(=O)C1N([C@@H](CO)[C@@H](C)CC)C(=O)[C@@H]2[C@H](C(=O)N(CC=C)Cc3ccccc3)[C@H]3SC12CC3Br. The molecule has 9 heteroatoms. The highest BCUT2D eigenvalue weighted by molar-refractivity contribution is 9.09. The number of amides is 3. The number of carbonyl (C=O) groups is 3. The minimum Gasteiger partial charge on any atom is -0.394 e. The number of fused-ring (bicyclic) bond motifs is 1. The Morgan fingerprint density at radius 1 is 1.02 bits per heavy atom. The number of alkyl halides is 1. The number of hydrogen-bond donors (Lipinski definition) is 1. The number of halogens is 1. The highest BCUT2D eigenvalue weighted by Gasteiger charge is 2.76. The lowest BCUT2D eigenvalue weighted by Crippen LogP contribution is -2.58. The molecule has 5 rings (SSSR count). The zero-order valence-corrected chi connectivity index (χ0v) is 28.5. The van der Waals surface area contributed by atoms with E-state index in [0.717, 1.165) is 17.5 Å². The molecule has 2 aromatic carbocycles. The average Bonchev–Trinajstić information content (AvgIpc) is 3.64. The summed E-state index contributed by atoms with van der Waals surface area (Å²) in [6.45, 7) is 13.1. The van der Waals surface area contributed by atoms with Gasteiger partial charge in [0.25, 0.3) is 0 Å². The molecule has 1 spiro atoms. The summed E-state index contributed by atoms with van der Waals surface area (Å²) in [4.78, 5) is 49.4. The molecule has 2 aromatic rings. The minimum atomic E-state index is -0.820. The molecule has 3 fully saturated rings. The van der Waals surface area contributed by atoms with Crippen molar-refractivity contribution in [2.45, 2.75) is 66.7 Å². The molecule has 7 nitrogen and oxygen atoms in total. The van der Waals surface area contributed by atoms with Gasteiger partial charge in [0.2, 0.25) is 17.7 Å². The van der Waals surface area contributed by atoms with Crippen molar-refractivity contribution in [3.63, 3.8) is 0 Å². The fourth-order valence-corrected chi connectivity index (χ4v) is 11.2. The first-order valence-electron chi connectivity index (χ1n) is 15.8. The number of hydrogen-bond acceptors (Lipinski definition) is 5. The Balaban J connectivity index is 1.58. The van der Waals surface area contributed by atoms with E-state index in [1.807, 2.05) is 74.5 Å². The van der Waals surface area contributed by atoms with Crippen molar-refractivity contribution in [1.82, 2.24) is 14.7 Å². The number of rotatable bonds is 14. The van der Waals surface area contributed by atoms with Crippen LogP contribution < -0.4 is 0 Å². The highest BCUT2D eigenvalue weighted by Crippen LogP contribution is 2.68.